The molecule has 1 heterocycles. The summed E-state index contributed by atoms with van der Waals surface area (Å²) in [5.41, 5.74) is 0.758. The zero-order valence-corrected chi connectivity index (χ0v) is 12.2. The van der Waals surface area contributed by atoms with E-state index in [1.807, 2.05) is 6.07 Å². The van der Waals surface area contributed by atoms with Crippen molar-refractivity contribution in [2.45, 2.75) is 13.2 Å². The molecule has 0 saturated heterocycles. The third kappa shape index (κ3) is 4.24. The molecule has 0 fully saturated rings. The van der Waals surface area contributed by atoms with Gasteiger partial charge < -0.3 is 14.8 Å². The smallest absolute Gasteiger partial charge is 0.165 e. The Balaban J connectivity index is 2.01. The molecule has 0 radical (unpaired) electrons. The summed E-state index contributed by atoms with van der Waals surface area (Å²) >= 11 is 0. The first kappa shape index (κ1) is 15.4. The van der Waals surface area contributed by atoms with Gasteiger partial charge >= 0.3 is 0 Å². The van der Waals surface area contributed by atoms with E-state index >= 15 is 0 Å². The van der Waals surface area contributed by atoms with Crippen LogP contribution in [0.25, 0.3) is 0 Å². The van der Waals surface area contributed by atoms with E-state index in [0.29, 0.717) is 25.5 Å². The van der Waals surface area contributed by atoms with Crippen molar-refractivity contribution in [2.24, 2.45) is 7.05 Å². The number of aromatic nitrogens is 3. The molecule has 0 aliphatic rings. The molecule has 1 aromatic heterocycles. The molecule has 0 saturated carbocycles. The van der Waals surface area contributed by atoms with Gasteiger partial charge in [0, 0.05) is 32.8 Å². The van der Waals surface area contributed by atoms with Gasteiger partial charge in [-0.2, -0.15) is 5.10 Å². The quantitative estimate of drug-likeness (QED) is 0.743. The molecule has 0 atom stereocenters. The van der Waals surface area contributed by atoms with Crippen LogP contribution in [0.15, 0.2) is 24.5 Å². The van der Waals surface area contributed by atoms with Crippen LogP contribution >= 0.6 is 0 Å². The minimum absolute atomic E-state index is 0.169. The van der Waals surface area contributed by atoms with Gasteiger partial charge in [-0.15, -0.1) is 0 Å². The summed E-state index contributed by atoms with van der Waals surface area (Å²) in [6.07, 6.45) is 1.44. The molecule has 0 aliphatic heterocycles. The number of rotatable bonds is 8. The van der Waals surface area contributed by atoms with Crippen molar-refractivity contribution in [3.05, 3.63) is 41.7 Å². The molecule has 0 bridgehead atoms. The zero-order valence-electron chi connectivity index (χ0n) is 12.2. The maximum atomic E-state index is 13.9. The minimum Gasteiger partial charge on any atom is -0.482 e. The van der Waals surface area contributed by atoms with E-state index in [4.69, 9.17) is 9.47 Å². The second-order valence-electron chi connectivity index (χ2n) is 4.49. The number of para-hydroxylation sites is 1. The van der Waals surface area contributed by atoms with E-state index in [9.17, 15) is 4.39 Å². The molecule has 0 unspecified atom stereocenters. The van der Waals surface area contributed by atoms with Gasteiger partial charge in [0.2, 0.25) is 0 Å². The number of halogens is 1. The molecule has 2 rings (SSSR count). The van der Waals surface area contributed by atoms with Crippen molar-refractivity contribution in [1.82, 2.24) is 20.1 Å². The number of ether oxygens (including phenoxy) is 2. The zero-order chi connectivity index (χ0) is 15.1. The second-order valence-corrected chi connectivity index (χ2v) is 4.49. The first-order chi connectivity index (χ1) is 10.2. The standard InChI is InChI=1S/C14H19FN4O2/c1-19-13(17-10-18-19)9-21-14-11(4-3-5-12(14)15)8-16-6-7-20-2/h3-5,10,16H,6-9H2,1-2H3. The normalized spacial score (nSPS) is 10.8. The van der Waals surface area contributed by atoms with Crippen molar-refractivity contribution in [2.75, 3.05) is 20.3 Å². The lowest BCUT2D eigenvalue weighted by Gasteiger charge is -2.12. The molecule has 21 heavy (non-hydrogen) atoms. The van der Waals surface area contributed by atoms with Gasteiger partial charge in [-0.3, -0.25) is 4.68 Å². The fourth-order valence-electron chi connectivity index (χ4n) is 1.84. The van der Waals surface area contributed by atoms with Crippen molar-refractivity contribution in [1.29, 1.82) is 0 Å². The van der Waals surface area contributed by atoms with Gasteiger partial charge in [-0.1, -0.05) is 12.1 Å². The average Bonchev–Trinajstić information content (AvgIpc) is 2.88. The molecular formula is C14H19FN4O2. The molecule has 1 aromatic carbocycles. The van der Waals surface area contributed by atoms with Crippen LogP contribution in [0.4, 0.5) is 4.39 Å². The highest BCUT2D eigenvalue weighted by Gasteiger charge is 2.11. The summed E-state index contributed by atoms with van der Waals surface area (Å²) in [6.45, 7) is 1.97. The van der Waals surface area contributed by atoms with Crippen molar-refractivity contribution in [3.63, 3.8) is 0 Å². The molecule has 7 heteroatoms. The number of nitrogens with zero attached hydrogens (tertiary/aromatic N) is 3. The molecule has 0 aliphatic carbocycles. The van der Waals surface area contributed by atoms with E-state index in [0.717, 1.165) is 5.56 Å². The summed E-state index contributed by atoms with van der Waals surface area (Å²) in [4.78, 5) is 4.05. The van der Waals surface area contributed by atoms with Gasteiger partial charge in [-0.05, 0) is 6.07 Å². The Labute approximate surface area is 122 Å². The summed E-state index contributed by atoms with van der Waals surface area (Å²) in [5, 5.41) is 7.12. The van der Waals surface area contributed by atoms with Crippen molar-refractivity contribution < 1.29 is 13.9 Å². The van der Waals surface area contributed by atoms with E-state index < -0.39 is 0 Å². The third-order valence-corrected chi connectivity index (χ3v) is 3.00. The van der Waals surface area contributed by atoms with Crippen LogP contribution < -0.4 is 10.1 Å². The lowest BCUT2D eigenvalue weighted by molar-refractivity contribution is 0.199. The van der Waals surface area contributed by atoms with Crippen LogP contribution in [-0.2, 0) is 24.9 Å². The summed E-state index contributed by atoms with van der Waals surface area (Å²) in [7, 11) is 3.40. The van der Waals surface area contributed by atoms with Gasteiger partial charge in [0.1, 0.15) is 12.9 Å². The monoisotopic (exact) mass is 294 g/mol. The molecular weight excluding hydrogens is 275 g/mol. The molecule has 1 N–H and O–H groups in total. The van der Waals surface area contributed by atoms with E-state index in [1.165, 1.54) is 12.4 Å². The predicted octanol–water partition coefficient (Wildman–Crippen LogP) is 1.27. The Morgan fingerprint density at radius 2 is 2.24 bits per heavy atom. The molecule has 114 valence electrons. The topological polar surface area (TPSA) is 61.2 Å². The maximum absolute atomic E-state index is 13.9. The summed E-state index contributed by atoms with van der Waals surface area (Å²) in [6, 6.07) is 4.87. The number of benzene rings is 1. The highest BCUT2D eigenvalue weighted by molar-refractivity contribution is 5.35. The maximum Gasteiger partial charge on any atom is 0.165 e. The molecule has 2 aromatic rings. The Morgan fingerprint density at radius 3 is 2.95 bits per heavy atom. The second kappa shape index (κ2) is 7.70. The Hall–Kier alpha value is -1.99. The Bertz CT molecular complexity index is 574. The van der Waals surface area contributed by atoms with Gasteiger partial charge in [0.05, 0.1) is 6.61 Å². The van der Waals surface area contributed by atoms with Crippen LogP contribution in [-0.4, -0.2) is 35.0 Å². The Morgan fingerprint density at radius 1 is 1.38 bits per heavy atom. The van der Waals surface area contributed by atoms with Gasteiger partial charge in [0.15, 0.2) is 17.4 Å². The number of methoxy groups -OCH3 is 1. The third-order valence-electron chi connectivity index (χ3n) is 3.00. The van der Waals surface area contributed by atoms with E-state index in [1.54, 1.807) is 24.9 Å². The van der Waals surface area contributed by atoms with Crippen LogP contribution in [0.5, 0.6) is 5.75 Å². The van der Waals surface area contributed by atoms with E-state index in [2.05, 4.69) is 15.4 Å². The van der Waals surface area contributed by atoms with Crippen molar-refractivity contribution >= 4 is 0 Å². The summed E-state index contributed by atoms with van der Waals surface area (Å²) in [5.74, 6) is 0.491. The fourth-order valence-corrected chi connectivity index (χ4v) is 1.84. The van der Waals surface area contributed by atoms with E-state index in [-0.39, 0.29) is 18.2 Å². The van der Waals surface area contributed by atoms with Crippen molar-refractivity contribution in [3.8, 4) is 5.75 Å². The average molecular weight is 294 g/mol. The lowest BCUT2D eigenvalue weighted by atomic mass is 10.2. The highest BCUT2D eigenvalue weighted by atomic mass is 19.1. The lowest BCUT2D eigenvalue weighted by Crippen LogP contribution is -2.19. The van der Waals surface area contributed by atoms with Gasteiger partial charge in [0.25, 0.3) is 0 Å². The SMILES string of the molecule is COCCNCc1cccc(F)c1OCc1ncnn1C. The van der Waals surface area contributed by atoms with Crippen LogP contribution in [0.2, 0.25) is 0 Å². The molecule has 0 spiro atoms. The first-order valence-corrected chi connectivity index (χ1v) is 6.65. The first-order valence-electron chi connectivity index (χ1n) is 6.65. The fraction of sp³-hybridized carbons (Fsp3) is 0.429. The van der Waals surface area contributed by atoms with Gasteiger partial charge in [-0.25, -0.2) is 9.37 Å². The number of hydrogen-bond donors (Lipinski definition) is 1. The van der Waals surface area contributed by atoms with Crippen LogP contribution in [0.3, 0.4) is 0 Å². The predicted molar refractivity (Wildman–Crippen MR) is 75.3 cm³/mol. The number of nitrogens with one attached hydrogen (secondary N) is 1. The number of aryl methyl sites for hydroxylation is 1. The van der Waals surface area contributed by atoms with Crippen LogP contribution in [0, 0.1) is 5.82 Å². The molecule has 0 amide bonds. The Kier molecular flexibility index (Phi) is 5.65. The molecule has 6 nitrogen and oxygen atoms in total. The number of hydrogen-bond acceptors (Lipinski definition) is 5. The minimum atomic E-state index is -0.386. The highest BCUT2D eigenvalue weighted by Crippen LogP contribution is 2.23. The largest absolute Gasteiger partial charge is 0.482 e. The van der Waals surface area contributed by atoms with Crippen LogP contribution in [0.1, 0.15) is 11.4 Å². The summed E-state index contributed by atoms with van der Waals surface area (Å²) < 4.78 is 26.1.